The van der Waals surface area contributed by atoms with Gasteiger partial charge in [-0.1, -0.05) is 117 Å². The molecule has 0 aromatic heterocycles. The molecule has 9 heteroatoms. The molecule has 0 radical (unpaired) electrons. The van der Waals surface area contributed by atoms with Crippen molar-refractivity contribution in [2.45, 2.75) is 168 Å². The molecule has 0 bridgehead atoms. The first-order chi connectivity index (χ1) is 20.8. The van der Waals surface area contributed by atoms with Crippen LogP contribution in [0.15, 0.2) is 11.6 Å². The number of unbranched alkanes of at least 4 members (excludes halogenated alkanes) is 11. The molecule has 7 atom stereocenters. The summed E-state index contributed by atoms with van der Waals surface area (Å²) in [7, 11) is 0. The highest BCUT2D eigenvalue weighted by Gasteiger charge is 2.35. The third kappa shape index (κ3) is 19.6. The Morgan fingerprint density at radius 1 is 0.750 bits per heavy atom. The van der Waals surface area contributed by atoms with Gasteiger partial charge in [0, 0.05) is 0 Å². The topological polar surface area (TPSA) is 162 Å². The number of ether oxygens (including phenoxy) is 1. The number of Topliss-reactive ketones (excluding diaryl/α,β-unsaturated/α-hetero) is 1. The van der Waals surface area contributed by atoms with Crippen molar-refractivity contribution in [3.63, 3.8) is 0 Å². The summed E-state index contributed by atoms with van der Waals surface area (Å²) >= 11 is 0. The molecule has 0 fully saturated rings. The molecule has 0 amide bonds. The number of ketones is 1. The van der Waals surface area contributed by atoms with Crippen LogP contribution in [0.3, 0.4) is 0 Å². The van der Waals surface area contributed by atoms with Gasteiger partial charge in [-0.25, -0.2) is 4.79 Å². The average Bonchev–Trinajstić information content (AvgIpc) is 2.98. The molecule has 0 unspecified atom stereocenters. The predicted molar refractivity (Wildman–Crippen MR) is 173 cm³/mol. The summed E-state index contributed by atoms with van der Waals surface area (Å²) in [4.78, 5) is 36.1. The molecule has 44 heavy (non-hydrogen) atoms. The molecule has 0 aliphatic heterocycles. The molecule has 0 aliphatic rings. The molecule has 0 saturated heterocycles. The number of aliphatic hydroxyl groups is 4. The monoisotopic (exact) mass is 628 g/mol. The molecule has 5 N–H and O–H groups in total. The lowest BCUT2D eigenvalue weighted by molar-refractivity contribution is -0.176. The summed E-state index contributed by atoms with van der Waals surface area (Å²) < 4.78 is 4.94. The number of hydrogen-bond acceptors (Lipinski definition) is 8. The van der Waals surface area contributed by atoms with Gasteiger partial charge in [-0.2, -0.15) is 0 Å². The van der Waals surface area contributed by atoms with Crippen LogP contribution in [0, 0.1) is 17.8 Å². The first-order valence-corrected chi connectivity index (χ1v) is 17.2. The van der Waals surface area contributed by atoms with Gasteiger partial charge in [0.2, 0.25) is 0 Å². The van der Waals surface area contributed by atoms with Crippen molar-refractivity contribution >= 4 is 17.7 Å². The number of hydrogen-bond donors (Lipinski definition) is 5. The first kappa shape index (κ1) is 42.2. The zero-order valence-electron chi connectivity index (χ0n) is 28.2. The summed E-state index contributed by atoms with van der Waals surface area (Å²) in [5, 5.41) is 47.8. The van der Waals surface area contributed by atoms with E-state index < -0.39 is 48.6 Å². The van der Waals surface area contributed by atoms with E-state index in [0.717, 1.165) is 44.9 Å². The van der Waals surface area contributed by atoms with Crippen LogP contribution in [0.5, 0.6) is 0 Å². The summed E-state index contributed by atoms with van der Waals surface area (Å²) in [5.74, 6) is -3.91. The van der Waals surface area contributed by atoms with Gasteiger partial charge < -0.3 is 30.3 Å². The van der Waals surface area contributed by atoms with Gasteiger partial charge in [-0.3, -0.25) is 9.59 Å². The van der Waals surface area contributed by atoms with E-state index in [9.17, 15) is 34.8 Å². The van der Waals surface area contributed by atoms with Crippen molar-refractivity contribution in [3.05, 3.63) is 11.6 Å². The molecule has 0 aromatic rings. The number of carbonyl (C=O) groups excluding carboxylic acids is 2. The number of aliphatic hydroxyl groups excluding tert-OH is 4. The maximum Gasteiger partial charge on any atom is 0.335 e. The summed E-state index contributed by atoms with van der Waals surface area (Å²) in [6.45, 7) is 8.49. The van der Waals surface area contributed by atoms with Crippen molar-refractivity contribution in [2.75, 3.05) is 6.61 Å². The number of allylic oxidation sites excluding steroid dienone is 2. The molecular weight excluding hydrogens is 564 g/mol. The molecular formula is C35H64O9. The zero-order chi connectivity index (χ0) is 33.5. The molecule has 0 heterocycles. The Labute approximate surface area is 266 Å². The Balaban J connectivity index is 4.25. The maximum absolute atomic E-state index is 12.8. The molecule has 0 saturated carbocycles. The van der Waals surface area contributed by atoms with E-state index in [-0.39, 0.29) is 12.0 Å². The zero-order valence-corrected chi connectivity index (χ0v) is 28.2. The van der Waals surface area contributed by atoms with Crippen molar-refractivity contribution in [1.29, 1.82) is 0 Å². The second kappa shape index (κ2) is 25.4. The SMILES string of the molecule is CCCCCCCCCCCCC[C@H](O)CCCC[C@H](C)C[C@H](C)/C=C(\C)C(=O)[C@@H](C)C(=O)O[C@H](CO)[C@@H](O)[C@H](O)C(=O)O. The van der Waals surface area contributed by atoms with Crippen molar-refractivity contribution in [1.82, 2.24) is 0 Å². The minimum atomic E-state index is -2.25. The van der Waals surface area contributed by atoms with Gasteiger partial charge in [0.05, 0.1) is 12.7 Å². The highest BCUT2D eigenvalue weighted by molar-refractivity contribution is 6.07. The van der Waals surface area contributed by atoms with Crippen LogP contribution in [-0.4, -0.2) is 74.3 Å². The number of carbonyl (C=O) groups is 3. The standard InChI is InChI=1S/C35H64O9/c1-6-7-8-9-10-11-12-13-14-15-16-20-29(37)21-18-17-19-25(2)22-26(3)23-27(4)31(38)28(5)35(43)44-30(24-36)32(39)33(40)34(41)42/h23,25-26,28-30,32-33,36-37,39-40H,6-22,24H2,1-5H3,(H,41,42)/b27-23+/t25-,26-,28+,29-,30+,32+,33-/m0/s1. The van der Waals surface area contributed by atoms with Crippen LogP contribution in [0.4, 0.5) is 0 Å². The van der Waals surface area contributed by atoms with Gasteiger partial charge in [0.15, 0.2) is 18.0 Å². The van der Waals surface area contributed by atoms with E-state index in [1.807, 2.05) is 13.0 Å². The van der Waals surface area contributed by atoms with E-state index >= 15 is 0 Å². The Bertz CT molecular complexity index is 812. The minimum absolute atomic E-state index is 0.0987. The van der Waals surface area contributed by atoms with Gasteiger partial charge in [0.1, 0.15) is 12.0 Å². The van der Waals surface area contributed by atoms with Gasteiger partial charge >= 0.3 is 11.9 Å². The number of aliphatic carboxylic acids is 1. The van der Waals surface area contributed by atoms with Crippen LogP contribution < -0.4 is 0 Å². The second-order valence-electron chi connectivity index (χ2n) is 12.9. The van der Waals surface area contributed by atoms with E-state index in [1.54, 1.807) is 6.92 Å². The quantitative estimate of drug-likeness (QED) is 0.0297. The summed E-state index contributed by atoms with van der Waals surface area (Å²) in [6.07, 6.45) is 15.7. The molecule has 0 aliphatic carbocycles. The Hall–Kier alpha value is -1.81. The number of carboxylic acids is 1. The van der Waals surface area contributed by atoms with E-state index in [1.165, 1.54) is 71.1 Å². The molecule has 258 valence electrons. The fraction of sp³-hybridized carbons (Fsp3) is 0.857. The summed E-state index contributed by atoms with van der Waals surface area (Å²) in [5.41, 5.74) is 0.395. The van der Waals surface area contributed by atoms with E-state index in [2.05, 4.69) is 13.8 Å². The van der Waals surface area contributed by atoms with Crippen molar-refractivity contribution < 1.29 is 44.7 Å². The fourth-order valence-electron chi connectivity index (χ4n) is 5.65. The van der Waals surface area contributed by atoms with Crippen LogP contribution in [0.1, 0.15) is 144 Å². The normalized spacial score (nSPS) is 16.9. The van der Waals surface area contributed by atoms with E-state index in [0.29, 0.717) is 11.5 Å². The lowest BCUT2D eigenvalue weighted by atomic mass is 9.89. The second-order valence-corrected chi connectivity index (χ2v) is 12.9. The highest BCUT2D eigenvalue weighted by atomic mass is 16.6. The van der Waals surface area contributed by atoms with Crippen LogP contribution in [0.25, 0.3) is 0 Å². The largest absolute Gasteiger partial charge is 0.479 e. The molecule has 0 aromatic carbocycles. The van der Waals surface area contributed by atoms with Gasteiger partial charge in [-0.05, 0) is 50.5 Å². The smallest absolute Gasteiger partial charge is 0.335 e. The first-order valence-electron chi connectivity index (χ1n) is 17.2. The third-order valence-electron chi connectivity index (χ3n) is 8.47. The van der Waals surface area contributed by atoms with Gasteiger partial charge in [-0.15, -0.1) is 0 Å². The molecule has 0 rings (SSSR count). The average molecular weight is 629 g/mol. The van der Waals surface area contributed by atoms with Crippen LogP contribution >= 0.6 is 0 Å². The lowest BCUT2D eigenvalue weighted by Crippen LogP contribution is -2.46. The third-order valence-corrected chi connectivity index (χ3v) is 8.47. The van der Waals surface area contributed by atoms with Crippen LogP contribution in [0.2, 0.25) is 0 Å². The summed E-state index contributed by atoms with van der Waals surface area (Å²) in [6, 6.07) is 0. The number of carboxylic acid groups (broad SMARTS) is 1. The predicted octanol–water partition coefficient (Wildman–Crippen LogP) is 6.13. The van der Waals surface area contributed by atoms with E-state index in [4.69, 9.17) is 9.84 Å². The van der Waals surface area contributed by atoms with Gasteiger partial charge in [0.25, 0.3) is 0 Å². The Kier molecular flexibility index (Phi) is 24.3. The number of esters is 1. The minimum Gasteiger partial charge on any atom is -0.479 e. The number of rotatable bonds is 28. The molecule has 0 spiro atoms. The highest BCUT2D eigenvalue weighted by Crippen LogP contribution is 2.22. The lowest BCUT2D eigenvalue weighted by Gasteiger charge is -2.24. The Morgan fingerprint density at radius 3 is 1.73 bits per heavy atom. The van der Waals surface area contributed by atoms with Crippen molar-refractivity contribution in [2.24, 2.45) is 17.8 Å². The van der Waals surface area contributed by atoms with Crippen LogP contribution in [-0.2, 0) is 19.1 Å². The molecule has 9 nitrogen and oxygen atoms in total. The van der Waals surface area contributed by atoms with Crippen molar-refractivity contribution in [3.8, 4) is 0 Å². The Morgan fingerprint density at radius 2 is 1.23 bits per heavy atom. The maximum atomic E-state index is 12.8. The fourth-order valence-corrected chi connectivity index (χ4v) is 5.65.